The minimum absolute atomic E-state index is 0.337. The quantitative estimate of drug-likeness (QED) is 0.510. The van der Waals surface area contributed by atoms with Crippen molar-refractivity contribution in [3.8, 4) is 23.0 Å². The van der Waals surface area contributed by atoms with Gasteiger partial charge in [0.1, 0.15) is 11.5 Å². The molecular formula is C19H16O5. The molecule has 0 aromatic heterocycles. The lowest BCUT2D eigenvalue weighted by Crippen LogP contribution is -2.08. The number of methoxy groups -OCH3 is 2. The Labute approximate surface area is 139 Å². The van der Waals surface area contributed by atoms with Gasteiger partial charge in [0.05, 0.1) is 14.2 Å². The Morgan fingerprint density at radius 1 is 0.833 bits per heavy atom. The number of fused-ring (bicyclic) bond motifs is 1. The summed E-state index contributed by atoms with van der Waals surface area (Å²) in [5.74, 6) is 1.99. The molecule has 0 spiro atoms. The zero-order chi connectivity index (χ0) is 16.9. The van der Waals surface area contributed by atoms with Crippen molar-refractivity contribution in [1.29, 1.82) is 0 Å². The molecule has 3 rings (SSSR count). The predicted molar refractivity (Wildman–Crippen MR) is 90.0 cm³/mol. The van der Waals surface area contributed by atoms with E-state index in [4.69, 9.17) is 14.2 Å². The van der Waals surface area contributed by atoms with Gasteiger partial charge in [-0.05, 0) is 12.1 Å². The molecule has 0 unspecified atom stereocenters. The number of ether oxygens (including phenoxy) is 4. The number of hydrogen-bond donors (Lipinski definition) is 0. The first-order valence-corrected chi connectivity index (χ1v) is 7.31. The lowest BCUT2D eigenvalue weighted by Gasteiger charge is -2.15. The van der Waals surface area contributed by atoms with E-state index in [0.29, 0.717) is 23.0 Å². The maximum atomic E-state index is 11.5. The predicted octanol–water partition coefficient (Wildman–Crippen LogP) is 4.79. The summed E-state index contributed by atoms with van der Waals surface area (Å²) in [6, 6.07) is 18.3. The van der Waals surface area contributed by atoms with Gasteiger partial charge in [0.2, 0.25) is 0 Å². The van der Waals surface area contributed by atoms with Crippen LogP contribution in [0.1, 0.15) is 0 Å². The lowest BCUT2D eigenvalue weighted by molar-refractivity contribution is 0.122. The van der Waals surface area contributed by atoms with Crippen molar-refractivity contribution in [2.45, 2.75) is 0 Å². The number of para-hydroxylation sites is 1. The average molecular weight is 324 g/mol. The van der Waals surface area contributed by atoms with E-state index in [0.717, 1.165) is 10.8 Å². The maximum absolute atomic E-state index is 11.5. The van der Waals surface area contributed by atoms with Gasteiger partial charge in [-0.2, -0.15) is 0 Å². The molecule has 5 heteroatoms. The van der Waals surface area contributed by atoms with Gasteiger partial charge < -0.3 is 18.9 Å². The first-order chi connectivity index (χ1) is 11.7. The molecule has 24 heavy (non-hydrogen) atoms. The second kappa shape index (κ2) is 6.91. The molecule has 0 aliphatic heterocycles. The third-order valence-electron chi connectivity index (χ3n) is 3.46. The zero-order valence-corrected chi connectivity index (χ0v) is 13.3. The third-order valence-corrected chi connectivity index (χ3v) is 3.46. The molecule has 0 aliphatic rings. The van der Waals surface area contributed by atoms with Crippen molar-refractivity contribution in [1.82, 2.24) is 0 Å². The maximum Gasteiger partial charge on any atom is 0.513 e. The molecule has 0 N–H and O–H groups in total. The Kier molecular flexibility index (Phi) is 4.52. The van der Waals surface area contributed by atoms with Crippen LogP contribution in [0.3, 0.4) is 0 Å². The SMILES string of the molecule is COC(=O)Oc1cc(Oc2ccccc2)c(OC)c2ccccc12. The van der Waals surface area contributed by atoms with Gasteiger partial charge >= 0.3 is 6.16 Å². The Bertz CT molecular complexity index is 858. The molecule has 0 saturated carbocycles. The molecule has 0 amide bonds. The minimum atomic E-state index is -0.795. The highest BCUT2D eigenvalue weighted by Crippen LogP contribution is 2.43. The molecule has 3 aromatic rings. The van der Waals surface area contributed by atoms with Gasteiger partial charge in [0, 0.05) is 16.8 Å². The van der Waals surface area contributed by atoms with E-state index in [-0.39, 0.29) is 0 Å². The summed E-state index contributed by atoms with van der Waals surface area (Å²) in [7, 11) is 2.83. The summed E-state index contributed by atoms with van der Waals surface area (Å²) >= 11 is 0. The molecule has 5 nitrogen and oxygen atoms in total. The molecule has 0 aliphatic carbocycles. The van der Waals surface area contributed by atoms with Crippen LogP contribution in [0.2, 0.25) is 0 Å². The van der Waals surface area contributed by atoms with Crippen molar-refractivity contribution in [2.75, 3.05) is 14.2 Å². The van der Waals surface area contributed by atoms with Gasteiger partial charge in [0.15, 0.2) is 11.5 Å². The Balaban J connectivity index is 2.14. The van der Waals surface area contributed by atoms with Crippen LogP contribution < -0.4 is 14.2 Å². The van der Waals surface area contributed by atoms with Crippen LogP contribution in [-0.2, 0) is 4.74 Å². The first kappa shape index (κ1) is 15.7. The second-order valence-electron chi connectivity index (χ2n) is 4.92. The minimum Gasteiger partial charge on any atom is -0.492 e. The van der Waals surface area contributed by atoms with Crippen LogP contribution in [-0.4, -0.2) is 20.4 Å². The molecule has 122 valence electrons. The highest BCUT2D eigenvalue weighted by Gasteiger charge is 2.17. The van der Waals surface area contributed by atoms with E-state index in [1.165, 1.54) is 7.11 Å². The number of benzene rings is 3. The van der Waals surface area contributed by atoms with Gasteiger partial charge in [-0.15, -0.1) is 0 Å². The third kappa shape index (κ3) is 3.10. The summed E-state index contributed by atoms with van der Waals surface area (Å²) in [6.45, 7) is 0. The van der Waals surface area contributed by atoms with Gasteiger partial charge in [-0.25, -0.2) is 4.79 Å². The van der Waals surface area contributed by atoms with E-state index in [1.54, 1.807) is 13.2 Å². The van der Waals surface area contributed by atoms with Gasteiger partial charge in [0.25, 0.3) is 0 Å². The van der Waals surface area contributed by atoms with Crippen LogP contribution in [0.25, 0.3) is 10.8 Å². The summed E-state index contributed by atoms with van der Waals surface area (Å²) in [4.78, 5) is 11.5. The second-order valence-corrected chi connectivity index (χ2v) is 4.92. The monoisotopic (exact) mass is 324 g/mol. The fourth-order valence-electron chi connectivity index (χ4n) is 2.41. The van der Waals surface area contributed by atoms with Gasteiger partial charge in [-0.1, -0.05) is 42.5 Å². The first-order valence-electron chi connectivity index (χ1n) is 7.31. The van der Waals surface area contributed by atoms with Crippen molar-refractivity contribution < 1.29 is 23.7 Å². The molecule has 0 bridgehead atoms. The zero-order valence-electron chi connectivity index (χ0n) is 13.3. The molecule has 0 atom stereocenters. The summed E-state index contributed by atoms with van der Waals surface area (Å²) < 4.78 is 21.3. The van der Waals surface area contributed by atoms with Crippen LogP contribution >= 0.6 is 0 Å². The number of carbonyl (C=O) groups excluding carboxylic acids is 1. The number of hydrogen-bond acceptors (Lipinski definition) is 5. The number of carbonyl (C=O) groups is 1. The summed E-state index contributed by atoms with van der Waals surface area (Å²) in [5.41, 5.74) is 0. The largest absolute Gasteiger partial charge is 0.513 e. The standard InChI is InChI=1S/C19H16O5/c1-21-18-15-11-7-6-10-14(15)16(24-19(20)22-2)12-17(18)23-13-8-4-3-5-9-13/h3-12H,1-2H3. The van der Waals surface area contributed by atoms with Crippen molar-refractivity contribution in [3.63, 3.8) is 0 Å². The van der Waals surface area contributed by atoms with E-state index < -0.39 is 6.16 Å². The molecule has 0 heterocycles. The van der Waals surface area contributed by atoms with E-state index in [9.17, 15) is 4.79 Å². The molecule has 0 radical (unpaired) electrons. The van der Waals surface area contributed by atoms with E-state index in [2.05, 4.69) is 4.74 Å². The highest BCUT2D eigenvalue weighted by atomic mass is 16.7. The van der Waals surface area contributed by atoms with Crippen LogP contribution in [0, 0.1) is 0 Å². The summed E-state index contributed by atoms with van der Waals surface area (Å²) in [5, 5.41) is 1.49. The van der Waals surface area contributed by atoms with Crippen LogP contribution in [0.5, 0.6) is 23.0 Å². The fourth-order valence-corrected chi connectivity index (χ4v) is 2.41. The fraction of sp³-hybridized carbons (Fsp3) is 0.105. The molecule has 0 saturated heterocycles. The lowest BCUT2D eigenvalue weighted by atomic mass is 10.1. The van der Waals surface area contributed by atoms with Crippen molar-refractivity contribution in [2.24, 2.45) is 0 Å². The number of rotatable bonds is 4. The smallest absolute Gasteiger partial charge is 0.492 e. The van der Waals surface area contributed by atoms with E-state index in [1.807, 2.05) is 54.6 Å². The molecule has 3 aromatic carbocycles. The summed E-state index contributed by atoms with van der Waals surface area (Å²) in [6.07, 6.45) is -0.795. The Hall–Kier alpha value is -3.21. The Morgan fingerprint density at radius 3 is 2.17 bits per heavy atom. The van der Waals surface area contributed by atoms with Crippen LogP contribution in [0.15, 0.2) is 60.7 Å². The Morgan fingerprint density at radius 2 is 1.50 bits per heavy atom. The van der Waals surface area contributed by atoms with Crippen LogP contribution in [0.4, 0.5) is 4.79 Å². The molecular weight excluding hydrogens is 308 g/mol. The highest BCUT2D eigenvalue weighted by molar-refractivity contribution is 5.96. The van der Waals surface area contributed by atoms with Crippen molar-refractivity contribution in [3.05, 3.63) is 60.7 Å². The average Bonchev–Trinajstić information content (AvgIpc) is 2.62. The normalized spacial score (nSPS) is 10.2. The molecule has 0 fully saturated rings. The van der Waals surface area contributed by atoms with E-state index >= 15 is 0 Å². The van der Waals surface area contributed by atoms with Crippen molar-refractivity contribution >= 4 is 16.9 Å². The topological polar surface area (TPSA) is 54.0 Å². The van der Waals surface area contributed by atoms with Gasteiger partial charge in [-0.3, -0.25) is 0 Å².